The van der Waals surface area contributed by atoms with E-state index in [1.54, 1.807) is 0 Å². The molecule has 41 heavy (non-hydrogen) atoms. The van der Waals surface area contributed by atoms with E-state index in [1.807, 2.05) is 0 Å². The molecule has 222 valence electrons. The molecule has 2 aromatic carbocycles. The largest absolute Gasteiger partial charge is 0.507 e. The molecule has 5 rings (SSSR count). The topological polar surface area (TPSA) is 260 Å². The standard InChI is InChI=1S/C26H28O15/c27-6-16-20(35)21(36)25(41-26-22(37)19(34)14(33)7-38-26)24(40-16)18-12(31)4-11(30)17-13(32)5-15(39-23(17)18)8-1-2-9(28)10(29)3-8/h1-5,14,16,19-22,24-31,33-37H,6-7H2. The van der Waals surface area contributed by atoms with Gasteiger partial charge in [0.2, 0.25) is 0 Å². The summed E-state index contributed by atoms with van der Waals surface area (Å²) in [4.78, 5) is 13.1. The number of fused-ring (bicyclic) bond motifs is 1. The van der Waals surface area contributed by atoms with Crippen molar-refractivity contribution in [3.63, 3.8) is 0 Å². The lowest BCUT2D eigenvalue weighted by atomic mass is 9.89. The van der Waals surface area contributed by atoms with Crippen LogP contribution in [0.25, 0.3) is 22.3 Å². The van der Waals surface area contributed by atoms with E-state index in [1.165, 1.54) is 6.07 Å². The molecule has 3 heterocycles. The van der Waals surface area contributed by atoms with Crippen molar-refractivity contribution in [1.82, 2.24) is 0 Å². The van der Waals surface area contributed by atoms with Crippen molar-refractivity contribution < 1.29 is 69.7 Å². The van der Waals surface area contributed by atoms with Gasteiger partial charge in [0.15, 0.2) is 28.8 Å². The van der Waals surface area contributed by atoms with Crippen LogP contribution < -0.4 is 5.43 Å². The van der Waals surface area contributed by atoms with Crippen molar-refractivity contribution in [2.75, 3.05) is 13.2 Å². The van der Waals surface area contributed by atoms with Gasteiger partial charge in [-0.2, -0.15) is 0 Å². The Balaban J connectivity index is 1.67. The molecular formula is C26H28O15. The van der Waals surface area contributed by atoms with Crippen LogP contribution in [-0.2, 0) is 14.2 Å². The van der Waals surface area contributed by atoms with E-state index in [2.05, 4.69) is 0 Å². The third-order valence-corrected chi connectivity index (χ3v) is 7.15. The van der Waals surface area contributed by atoms with Gasteiger partial charge in [0.25, 0.3) is 0 Å². The lowest BCUT2D eigenvalue weighted by Gasteiger charge is -2.45. The van der Waals surface area contributed by atoms with Crippen LogP contribution >= 0.6 is 0 Å². The summed E-state index contributed by atoms with van der Waals surface area (Å²) in [7, 11) is 0. The Labute approximate surface area is 229 Å². The smallest absolute Gasteiger partial charge is 0.197 e. The molecule has 3 aromatic rings. The van der Waals surface area contributed by atoms with E-state index in [4.69, 9.17) is 18.6 Å². The summed E-state index contributed by atoms with van der Waals surface area (Å²) >= 11 is 0. The molecule has 0 radical (unpaired) electrons. The summed E-state index contributed by atoms with van der Waals surface area (Å²) in [5.74, 6) is -2.57. The highest BCUT2D eigenvalue weighted by Gasteiger charge is 2.50. The average Bonchev–Trinajstić information content (AvgIpc) is 2.93. The number of aliphatic hydroxyl groups excluding tert-OH is 6. The Morgan fingerprint density at radius 2 is 1.56 bits per heavy atom. The van der Waals surface area contributed by atoms with Crippen LogP contribution in [0, 0.1) is 0 Å². The van der Waals surface area contributed by atoms with Gasteiger partial charge in [0, 0.05) is 17.7 Å². The maximum Gasteiger partial charge on any atom is 0.197 e. The molecule has 10 N–H and O–H groups in total. The summed E-state index contributed by atoms with van der Waals surface area (Å²) in [6.07, 6.45) is -15.1. The zero-order chi connectivity index (χ0) is 29.7. The van der Waals surface area contributed by atoms with Crippen LogP contribution in [0.1, 0.15) is 11.7 Å². The van der Waals surface area contributed by atoms with Crippen LogP contribution in [0.4, 0.5) is 0 Å². The van der Waals surface area contributed by atoms with Gasteiger partial charge in [-0.3, -0.25) is 4.79 Å². The van der Waals surface area contributed by atoms with Gasteiger partial charge in [-0.05, 0) is 18.2 Å². The SMILES string of the molecule is O=c1cc(-c2ccc(O)c(O)c2)oc2c(C3OC(CO)C(O)C(O)C3OC3OCC(O)C(O)C3O)c(O)cc(O)c12. The second-order valence-electron chi connectivity index (χ2n) is 9.82. The number of rotatable bonds is 5. The number of hydrogen-bond acceptors (Lipinski definition) is 15. The second-order valence-corrected chi connectivity index (χ2v) is 9.82. The van der Waals surface area contributed by atoms with E-state index < -0.39 is 108 Å². The van der Waals surface area contributed by atoms with Crippen LogP contribution in [0.2, 0.25) is 0 Å². The fourth-order valence-corrected chi connectivity index (χ4v) is 4.94. The molecule has 2 fully saturated rings. The van der Waals surface area contributed by atoms with E-state index in [-0.39, 0.29) is 16.9 Å². The molecule has 15 heteroatoms. The Hall–Kier alpha value is -3.51. The maximum absolute atomic E-state index is 13.1. The van der Waals surface area contributed by atoms with Crippen LogP contribution in [0.5, 0.6) is 23.0 Å². The van der Waals surface area contributed by atoms with Gasteiger partial charge in [0.05, 0.1) is 18.8 Å². The van der Waals surface area contributed by atoms with Crippen LogP contribution in [-0.4, -0.2) is 113 Å². The molecule has 1 aromatic heterocycles. The number of phenolic OH excluding ortho intramolecular Hbond substituents is 4. The first-order valence-corrected chi connectivity index (χ1v) is 12.4. The van der Waals surface area contributed by atoms with Crippen molar-refractivity contribution in [1.29, 1.82) is 0 Å². The number of hydrogen-bond donors (Lipinski definition) is 10. The molecular weight excluding hydrogens is 552 g/mol. The Bertz CT molecular complexity index is 1490. The Kier molecular flexibility index (Phi) is 7.82. The number of aromatic hydroxyl groups is 4. The van der Waals surface area contributed by atoms with Gasteiger partial charge in [-0.15, -0.1) is 0 Å². The molecule has 9 atom stereocenters. The fraction of sp³-hybridized carbons (Fsp3) is 0.423. The molecule has 0 spiro atoms. The van der Waals surface area contributed by atoms with Crippen molar-refractivity contribution in [3.05, 3.63) is 46.1 Å². The molecule has 15 nitrogen and oxygen atoms in total. The average molecular weight is 580 g/mol. The highest BCUT2D eigenvalue weighted by Crippen LogP contribution is 2.45. The zero-order valence-corrected chi connectivity index (χ0v) is 21.0. The number of aliphatic hydroxyl groups is 6. The summed E-state index contributed by atoms with van der Waals surface area (Å²) in [6.45, 7) is -1.28. The number of ether oxygens (including phenoxy) is 3. The third kappa shape index (κ3) is 5.07. The van der Waals surface area contributed by atoms with Crippen LogP contribution in [0.3, 0.4) is 0 Å². The van der Waals surface area contributed by atoms with Gasteiger partial charge >= 0.3 is 0 Å². The highest BCUT2D eigenvalue weighted by molar-refractivity contribution is 5.89. The summed E-state index contributed by atoms with van der Waals surface area (Å²) in [6, 6.07) is 5.33. The van der Waals surface area contributed by atoms with Crippen molar-refractivity contribution in [3.8, 4) is 34.3 Å². The normalized spacial score (nSPS) is 32.3. The van der Waals surface area contributed by atoms with Gasteiger partial charge in [-0.1, -0.05) is 0 Å². The maximum atomic E-state index is 13.1. The lowest BCUT2D eigenvalue weighted by Crippen LogP contribution is -2.60. The molecule has 0 bridgehead atoms. The van der Waals surface area contributed by atoms with Gasteiger partial charge < -0.3 is 69.7 Å². The predicted octanol–water partition coefficient (Wildman–Crippen LogP) is -1.74. The lowest BCUT2D eigenvalue weighted by molar-refractivity contribution is -0.325. The third-order valence-electron chi connectivity index (χ3n) is 7.15. The van der Waals surface area contributed by atoms with Crippen molar-refractivity contribution in [2.24, 2.45) is 0 Å². The minimum Gasteiger partial charge on any atom is -0.507 e. The second kappa shape index (κ2) is 11.1. The van der Waals surface area contributed by atoms with Gasteiger partial charge in [-0.25, -0.2) is 0 Å². The molecule has 0 aliphatic carbocycles. The number of benzene rings is 2. The molecule has 0 amide bonds. The Morgan fingerprint density at radius 3 is 2.24 bits per heavy atom. The first-order chi connectivity index (χ1) is 19.4. The van der Waals surface area contributed by atoms with E-state index in [9.17, 15) is 55.9 Å². The van der Waals surface area contributed by atoms with Crippen molar-refractivity contribution >= 4 is 11.0 Å². The predicted molar refractivity (Wildman–Crippen MR) is 134 cm³/mol. The molecule has 9 unspecified atom stereocenters. The molecule has 2 aliphatic heterocycles. The minimum absolute atomic E-state index is 0.111. The first kappa shape index (κ1) is 29.0. The fourth-order valence-electron chi connectivity index (χ4n) is 4.94. The van der Waals surface area contributed by atoms with Gasteiger partial charge in [0.1, 0.15) is 71.5 Å². The minimum atomic E-state index is -1.88. The molecule has 2 aliphatic rings. The Morgan fingerprint density at radius 1 is 0.829 bits per heavy atom. The monoisotopic (exact) mass is 580 g/mol. The summed E-state index contributed by atoms with van der Waals surface area (Å²) in [5.41, 5.74) is -1.53. The van der Waals surface area contributed by atoms with Crippen LogP contribution in [0.15, 0.2) is 39.5 Å². The van der Waals surface area contributed by atoms with E-state index >= 15 is 0 Å². The molecule has 2 saturated heterocycles. The summed E-state index contributed by atoms with van der Waals surface area (Å²) in [5, 5.41) is 102. The first-order valence-electron chi connectivity index (χ1n) is 12.4. The van der Waals surface area contributed by atoms with E-state index in [0.717, 1.165) is 24.3 Å². The highest BCUT2D eigenvalue weighted by atomic mass is 16.7. The van der Waals surface area contributed by atoms with E-state index in [0.29, 0.717) is 0 Å². The molecule has 0 saturated carbocycles. The summed E-state index contributed by atoms with van der Waals surface area (Å²) < 4.78 is 22.6. The van der Waals surface area contributed by atoms with Crippen molar-refractivity contribution in [2.45, 2.75) is 55.1 Å². The zero-order valence-electron chi connectivity index (χ0n) is 21.0. The quantitative estimate of drug-likeness (QED) is 0.150. The number of phenols is 4.